The van der Waals surface area contributed by atoms with Gasteiger partial charge in [-0.25, -0.2) is 0 Å². The highest BCUT2D eigenvalue weighted by molar-refractivity contribution is 6.46. The molecule has 1 atom stereocenters. The molecule has 2 aromatic carbocycles. The van der Waals surface area contributed by atoms with E-state index in [9.17, 15) is 14.7 Å². The summed E-state index contributed by atoms with van der Waals surface area (Å²) in [5, 5.41) is 22.8. The molecule has 0 bridgehead atoms. The van der Waals surface area contributed by atoms with Gasteiger partial charge in [0.25, 0.3) is 11.7 Å². The van der Waals surface area contributed by atoms with Crippen LogP contribution in [0.15, 0.2) is 60.2 Å². The number of rotatable bonds is 8. The summed E-state index contributed by atoms with van der Waals surface area (Å²) in [5.41, 5.74) is 1.24. The molecule has 3 rings (SSSR count). The molecule has 1 amide bonds. The van der Waals surface area contributed by atoms with E-state index in [1.54, 1.807) is 31.4 Å². The van der Waals surface area contributed by atoms with Crippen LogP contribution < -0.4 is 10.1 Å². The third kappa shape index (κ3) is 4.31. The highest BCUT2D eigenvalue weighted by Crippen LogP contribution is 2.39. The summed E-state index contributed by atoms with van der Waals surface area (Å²) in [6.07, 6.45) is 0. The summed E-state index contributed by atoms with van der Waals surface area (Å²) in [5.74, 6) is -0.962. The van der Waals surface area contributed by atoms with Gasteiger partial charge in [-0.3, -0.25) is 9.59 Å². The molecule has 0 aromatic heterocycles. The van der Waals surface area contributed by atoms with Gasteiger partial charge in [0.15, 0.2) is 0 Å². The van der Waals surface area contributed by atoms with Crippen LogP contribution in [-0.2, 0) is 9.59 Å². The lowest BCUT2D eigenvalue weighted by molar-refractivity contribution is -0.139. The Morgan fingerprint density at radius 1 is 1.07 bits per heavy atom. The molecule has 152 valence electrons. The number of aliphatic hydroxyl groups is 2. The third-order valence-corrected chi connectivity index (χ3v) is 4.84. The van der Waals surface area contributed by atoms with Gasteiger partial charge in [-0.05, 0) is 29.8 Å². The fraction of sp³-hybridized carbons (Fsp3) is 0.273. The minimum Gasteiger partial charge on any atom is -0.507 e. The zero-order chi connectivity index (χ0) is 20.8. The Balaban J connectivity index is 2.02. The van der Waals surface area contributed by atoms with Crippen LogP contribution in [-0.4, -0.2) is 60.2 Å². The summed E-state index contributed by atoms with van der Waals surface area (Å²) in [6.45, 7) is 1.06. The maximum Gasteiger partial charge on any atom is 0.295 e. The molecule has 29 heavy (non-hydrogen) atoms. The maximum absolute atomic E-state index is 12.8. The molecule has 2 aromatic rings. The number of amides is 1. The number of aliphatic hydroxyl groups excluding tert-OH is 2. The highest BCUT2D eigenvalue weighted by atomic mass is 16.5. The minimum absolute atomic E-state index is 0.0155. The van der Waals surface area contributed by atoms with Gasteiger partial charge in [0.05, 0.1) is 25.3 Å². The fourth-order valence-corrected chi connectivity index (χ4v) is 3.40. The molecule has 0 spiro atoms. The molecule has 1 aliphatic rings. The molecule has 7 heteroatoms. The van der Waals surface area contributed by atoms with Crippen molar-refractivity contribution in [2.24, 2.45) is 0 Å². The Morgan fingerprint density at radius 3 is 2.38 bits per heavy atom. The van der Waals surface area contributed by atoms with E-state index in [4.69, 9.17) is 9.84 Å². The van der Waals surface area contributed by atoms with Gasteiger partial charge < -0.3 is 25.2 Å². The second kappa shape index (κ2) is 9.36. The Morgan fingerprint density at radius 2 is 1.76 bits per heavy atom. The number of ether oxygens (including phenoxy) is 1. The van der Waals surface area contributed by atoms with E-state index < -0.39 is 17.7 Å². The highest BCUT2D eigenvalue weighted by Gasteiger charge is 2.45. The van der Waals surface area contributed by atoms with Gasteiger partial charge in [-0.15, -0.1) is 0 Å². The molecular weight excluding hydrogens is 372 g/mol. The Kier molecular flexibility index (Phi) is 6.64. The maximum atomic E-state index is 12.8. The first-order valence-corrected chi connectivity index (χ1v) is 9.37. The zero-order valence-electron chi connectivity index (χ0n) is 16.2. The molecule has 1 saturated heterocycles. The first-order chi connectivity index (χ1) is 14.1. The van der Waals surface area contributed by atoms with E-state index in [1.807, 2.05) is 30.3 Å². The second-order valence-electron chi connectivity index (χ2n) is 6.61. The summed E-state index contributed by atoms with van der Waals surface area (Å²) in [4.78, 5) is 27.0. The summed E-state index contributed by atoms with van der Waals surface area (Å²) >= 11 is 0. The summed E-state index contributed by atoms with van der Waals surface area (Å²) in [6, 6.07) is 15.1. The lowest BCUT2D eigenvalue weighted by atomic mass is 9.95. The van der Waals surface area contributed by atoms with E-state index in [2.05, 4.69) is 5.32 Å². The Hall–Kier alpha value is -3.16. The number of benzene rings is 2. The van der Waals surface area contributed by atoms with E-state index in [0.717, 1.165) is 5.56 Å². The number of hydrogen-bond donors (Lipinski definition) is 3. The number of Topliss-reactive ketones (excluding diaryl/α,β-unsaturated/α-hetero) is 1. The van der Waals surface area contributed by atoms with Gasteiger partial charge in [-0.1, -0.05) is 30.3 Å². The summed E-state index contributed by atoms with van der Waals surface area (Å²) in [7, 11) is 1.54. The first-order valence-electron chi connectivity index (χ1n) is 9.37. The number of carbonyl (C=O) groups is 2. The molecule has 0 aliphatic carbocycles. The van der Waals surface area contributed by atoms with E-state index in [-0.39, 0.29) is 24.5 Å². The molecule has 7 nitrogen and oxygen atoms in total. The van der Waals surface area contributed by atoms with Gasteiger partial charge in [-0.2, -0.15) is 0 Å². The van der Waals surface area contributed by atoms with Crippen LogP contribution in [0.25, 0.3) is 5.76 Å². The van der Waals surface area contributed by atoms with Crippen LogP contribution in [0.1, 0.15) is 17.2 Å². The molecule has 0 unspecified atom stereocenters. The smallest absolute Gasteiger partial charge is 0.295 e. The molecule has 0 saturated carbocycles. The number of likely N-dealkylation sites (tertiary alicyclic amines) is 1. The molecule has 3 N–H and O–H groups in total. The molecule has 1 aliphatic heterocycles. The second-order valence-corrected chi connectivity index (χ2v) is 6.61. The van der Waals surface area contributed by atoms with Gasteiger partial charge in [0.1, 0.15) is 11.5 Å². The van der Waals surface area contributed by atoms with Crippen LogP contribution in [0, 0.1) is 0 Å². The largest absolute Gasteiger partial charge is 0.507 e. The molecular formula is C22H24N2O5. The van der Waals surface area contributed by atoms with Crippen LogP contribution in [0.5, 0.6) is 5.75 Å². The average molecular weight is 396 g/mol. The van der Waals surface area contributed by atoms with E-state index in [0.29, 0.717) is 24.4 Å². The number of nitrogens with zero attached hydrogens (tertiary/aromatic N) is 1. The Bertz CT molecular complexity index is 893. The van der Waals surface area contributed by atoms with Crippen molar-refractivity contribution >= 4 is 17.4 Å². The number of hydrogen-bond acceptors (Lipinski definition) is 6. The predicted molar refractivity (Wildman–Crippen MR) is 108 cm³/mol. The third-order valence-electron chi connectivity index (χ3n) is 4.84. The standard InChI is InChI=1S/C22H24N2O5/c1-29-17-9-7-16(8-10-17)20(26)18-19(15-5-3-2-4-6-15)24(22(28)21(18)27)13-11-23-12-14-25/h2-10,19,23,25-26H,11-14H2,1H3/t19-/m0/s1. The van der Waals surface area contributed by atoms with Crippen molar-refractivity contribution < 1.29 is 24.5 Å². The number of ketones is 1. The minimum atomic E-state index is -0.714. The summed E-state index contributed by atoms with van der Waals surface area (Å²) < 4.78 is 5.13. The van der Waals surface area contributed by atoms with Crippen molar-refractivity contribution in [3.05, 3.63) is 71.3 Å². The van der Waals surface area contributed by atoms with Crippen LogP contribution in [0.4, 0.5) is 0 Å². The van der Waals surface area contributed by atoms with Crippen LogP contribution >= 0.6 is 0 Å². The molecule has 1 heterocycles. The van der Waals surface area contributed by atoms with Crippen LogP contribution in [0.3, 0.4) is 0 Å². The van der Waals surface area contributed by atoms with E-state index >= 15 is 0 Å². The van der Waals surface area contributed by atoms with Crippen molar-refractivity contribution in [3.63, 3.8) is 0 Å². The van der Waals surface area contributed by atoms with Crippen molar-refractivity contribution in [1.82, 2.24) is 10.2 Å². The average Bonchev–Trinajstić information content (AvgIpc) is 3.01. The molecule has 1 fully saturated rings. The van der Waals surface area contributed by atoms with Crippen molar-refractivity contribution in [2.75, 3.05) is 33.4 Å². The quantitative estimate of drug-likeness (QED) is 0.272. The van der Waals surface area contributed by atoms with E-state index in [1.165, 1.54) is 4.90 Å². The lowest BCUT2D eigenvalue weighted by Gasteiger charge is -2.25. The zero-order valence-corrected chi connectivity index (χ0v) is 16.2. The fourth-order valence-electron chi connectivity index (χ4n) is 3.40. The lowest BCUT2D eigenvalue weighted by Crippen LogP contribution is -2.36. The SMILES string of the molecule is COc1ccc(C(O)=C2C(=O)C(=O)N(CCNCCO)[C@H]2c2ccccc2)cc1. The van der Waals surface area contributed by atoms with Gasteiger partial charge in [0.2, 0.25) is 0 Å². The number of methoxy groups -OCH3 is 1. The Labute approximate surface area is 169 Å². The van der Waals surface area contributed by atoms with Crippen LogP contribution in [0.2, 0.25) is 0 Å². The molecule has 0 radical (unpaired) electrons. The number of carbonyl (C=O) groups excluding carboxylic acids is 2. The van der Waals surface area contributed by atoms with Crippen molar-refractivity contribution in [3.8, 4) is 5.75 Å². The number of nitrogens with one attached hydrogen (secondary N) is 1. The van der Waals surface area contributed by atoms with Gasteiger partial charge in [0, 0.05) is 25.2 Å². The van der Waals surface area contributed by atoms with Crippen molar-refractivity contribution in [2.45, 2.75) is 6.04 Å². The van der Waals surface area contributed by atoms with Crippen molar-refractivity contribution in [1.29, 1.82) is 0 Å². The normalized spacial score (nSPS) is 18.3. The predicted octanol–water partition coefficient (Wildman–Crippen LogP) is 1.70. The topological polar surface area (TPSA) is 99.1 Å². The monoisotopic (exact) mass is 396 g/mol. The first kappa shape index (κ1) is 20.6. The van der Waals surface area contributed by atoms with Gasteiger partial charge >= 0.3 is 0 Å².